The molecule has 0 aliphatic carbocycles. The number of esters is 1. The van der Waals surface area contributed by atoms with Crippen LogP contribution < -0.4 is 0 Å². The van der Waals surface area contributed by atoms with E-state index in [1.165, 1.54) is 12.7 Å². The van der Waals surface area contributed by atoms with Gasteiger partial charge >= 0.3 is 5.97 Å². The van der Waals surface area contributed by atoms with Crippen LogP contribution in [0.15, 0.2) is 18.2 Å². The number of methoxy groups -OCH3 is 1. The second-order valence-electron chi connectivity index (χ2n) is 4.87. The molecule has 1 aromatic carbocycles. The molecule has 0 bridgehead atoms. The van der Waals surface area contributed by atoms with E-state index in [-0.39, 0.29) is 12.1 Å². The lowest BCUT2D eigenvalue weighted by Crippen LogP contribution is -2.13. The number of H-pyrrole nitrogens is 1. The van der Waals surface area contributed by atoms with E-state index < -0.39 is 0 Å². The first kappa shape index (κ1) is 12.2. The molecule has 3 rings (SSSR count). The lowest BCUT2D eigenvalue weighted by atomic mass is 9.98. The van der Waals surface area contributed by atoms with Gasteiger partial charge in [0.05, 0.1) is 26.2 Å². The zero-order chi connectivity index (χ0) is 13.4. The van der Waals surface area contributed by atoms with Crippen molar-refractivity contribution in [2.45, 2.75) is 25.9 Å². The van der Waals surface area contributed by atoms with Crippen molar-refractivity contribution < 1.29 is 14.3 Å². The number of ether oxygens (including phenoxy) is 2. The van der Waals surface area contributed by atoms with Crippen LogP contribution in [0.4, 0.5) is 0 Å². The van der Waals surface area contributed by atoms with Crippen molar-refractivity contribution in [1.82, 2.24) is 4.98 Å². The van der Waals surface area contributed by atoms with Crippen LogP contribution in [0, 0.1) is 0 Å². The minimum Gasteiger partial charge on any atom is -0.469 e. The van der Waals surface area contributed by atoms with Crippen LogP contribution in [0.5, 0.6) is 0 Å². The van der Waals surface area contributed by atoms with Crippen LogP contribution in [-0.2, 0) is 27.1 Å². The van der Waals surface area contributed by atoms with Gasteiger partial charge in [0, 0.05) is 16.6 Å². The van der Waals surface area contributed by atoms with Gasteiger partial charge in [0.15, 0.2) is 0 Å². The van der Waals surface area contributed by atoms with Crippen molar-refractivity contribution in [1.29, 1.82) is 0 Å². The number of fused-ring (bicyclic) bond motifs is 3. The highest BCUT2D eigenvalue weighted by Crippen LogP contribution is 2.34. The quantitative estimate of drug-likeness (QED) is 0.843. The predicted octanol–water partition coefficient (Wildman–Crippen LogP) is 2.52. The number of benzene rings is 1. The molecule has 0 radical (unpaired) electrons. The summed E-state index contributed by atoms with van der Waals surface area (Å²) in [4.78, 5) is 14.9. The SMILES string of the molecule is COC(=O)Cc1cccc2[nH]c3c(c12)CCOC3C. The molecule has 1 atom stereocenters. The highest BCUT2D eigenvalue weighted by atomic mass is 16.5. The Balaban J connectivity index is 2.15. The predicted molar refractivity (Wildman–Crippen MR) is 72.1 cm³/mol. The fourth-order valence-corrected chi connectivity index (χ4v) is 2.82. The largest absolute Gasteiger partial charge is 0.469 e. The fraction of sp³-hybridized carbons (Fsp3) is 0.400. The molecule has 1 unspecified atom stereocenters. The van der Waals surface area contributed by atoms with Crippen molar-refractivity contribution in [2.24, 2.45) is 0 Å². The third-order valence-corrected chi connectivity index (χ3v) is 3.74. The van der Waals surface area contributed by atoms with E-state index in [9.17, 15) is 4.79 Å². The maximum absolute atomic E-state index is 11.5. The summed E-state index contributed by atoms with van der Waals surface area (Å²) in [5, 5.41) is 1.16. The van der Waals surface area contributed by atoms with Crippen LogP contribution in [0.3, 0.4) is 0 Å². The van der Waals surface area contributed by atoms with Gasteiger partial charge in [0.1, 0.15) is 0 Å². The average molecular weight is 259 g/mol. The Kier molecular flexibility index (Phi) is 3.03. The molecule has 4 nitrogen and oxygen atoms in total. The molecule has 4 heteroatoms. The van der Waals surface area contributed by atoms with Crippen LogP contribution in [0.2, 0.25) is 0 Å². The molecule has 1 aliphatic heterocycles. The molecular weight excluding hydrogens is 242 g/mol. The zero-order valence-electron chi connectivity index (χ0n) is 11.2. The van der Waals surface area contributed by atoms with Crippen molar-refractivity contribution in [2.75, 3.05) is 13.7 Å². The molecule has 2 heterocycles. The minimum absolute atomic E-state index is 0.0853. The Morgan fingerprint density at radius 1 is 1.53 bits per heavy atom. The average Bonchev–Trinajstić information content (AvgIpc) is 2.80. The molecule has 2 aromatic rings. The minimum atomic E-state index is -0.206. The first-order valence-electron chi connectivity index (χ1n) is 6.51. The summed E-state index contributed by atoms with van der Waals surface area (Å²) >= 11 is 0. The molecule has 100 valence electrons. The molecule has 0 fully saturated rings. The number of aromatic nitrogens is 1. The normalized spacial score (nSPS) is 18.3. The fourth-order valence-electron chi connectivity index (χ4n) is 2.82. The molecule has 0 saturated carbocycles. The Hall–Kier alpha value is -1.81. The molecule has 1 N–H and O–H groups in total. The molecule has 0 saturated heterocycles. The van der Waals surface area contributed by atoms with E-state index in [1.807, 2.05) is 25.1 Å². The Labute approximate surface area is 111 Å². The van der Waals surface area contributed by atoms with Gasteiger partial charge in [0.2, 0.25) is 0 Å². The topological polar surface area (TPSA) is 51.3 Å². The molecule has 0 spiro atoms. The van der Waals surface area contributed by atoms with Gasteiger partial charge in [0.25, 0.3) is 0 Å². The van der Waals surface area contributed by atoms with Gasteiger partial charge < -0.3 is 14.5 Å². The maximum Gasteiger partial charge on any atom is 0.310 e. The maximum atomic E-state index is 11.5. The molecule has 19 heavy (non-hydrogen) atoms. The van der Waals surface area contributed by atoms with E-state index in [0.29, 0.717) is 6.42 Å². The van der Waals surface area contributed by atoms with Crippen LogP contribution in [-0.4, -0.2) is 24.7 Å². The van der Waals surface area contributed by atoms with Gasteiger partial charge in [-0.3, -0.25) is 4.79 Å². The number of carbonyl (C=O) groups is 1. The third kappa shape index (κ3) is 2.02. The Morgan fingerprint density at radius 2 is 2.37 bits per heavy atom. The van der Waals surface area contributed by atoms with Crippen LogP contribution in [0.1, 0.15) is 29.8 Å². The summed E-state index contributed by atoms with van der Waals surface area (Å²) < 4.78 is 10.4. The van der Waals surface area contributed by atoms with Crippen molar-refractivity contribution in [3.8, 4) is 0 Å². The first-order valence-corrected chi connectivity index (χ1v) is 6.51. The summed E-state index contributed by atoms with van der Waals surface area (Å²) in [5.74, 6) is -0.206. The van der Waals surface area contributed by atoms with Crippen molar-refractivity contribution in [3.63, 3.8) is 0 Å². The second-order valence-corrected chi connectivity index (χ2v) is 4.87. The van der Waals surface area contributed by atoms with Crippen LogP contribution >= 0.6 is 0 Å². The van der Waals surface area contributed by atoms with Gasteiger partial charge in [-0.1, -0.05) is 12.1 Å². The number of hydrogen-bond acceptors (Lipinski definition) is 3. The number of rotatable bonds is 2. The zero-order valence-corrected chi connectivity index (χ0v) is 11.2. The summed E-state index contributed by atoms with van der Waals surface area (Å²) in [5.41, 5.74) is 4.52. The lowest BCUT2D eigenvalue weighted by molar-refractivity contribution is -0.139. The highest BCUT2D eigenvalue weighted by Gasteiger charge is 2.23. The molecule has 0 amide bonds. The summed E-state index contributed by atoms with van der Waals surface area (Å²) in [6, 6.07) is 6.00. The smallest absolute Gasteiger partial charge is 0.310 e. The first-order chi connectivity index (χ1) is 9.20. The van der Waals surface area contributed by atoms with Gasteiger partial charge in [-0.15, -0.1) is 0 Å². The number of nitrogens with one attached hydrogen (secondary N) is 1. The van der Waals surface area contributed by atoms with Crippen LogP contribution in [0.25, 0.3) is 10.9 Å². The van der Waals surface area contributed by atoms with Crippen molar-refractivity contribution >= 4 is 16.9 Å². The number of hydrogen-bond donors (Lipinski definition) is 1. The molecule has 1 aliphatic rings. The molecular formula is C15H17NO3. The summed E-state index contributed by atoms with van der Waals surface area (Å²) in [6.45, 7) is 2.78. The van der Waals surface area contributed by atoms with E-state index in [2.05, 4.69) is 4.98 Å². The Morgan fingerprint density at radius 3 is 3.16 bits per heavy atom. The number of aromatic amines is 1. The van der Waals surface area contributed by atoms with Crippen molar-refractivity contribution in [3.05, 3.63) is 35.0 Å². The molecule has 1 aromatic heterocycles. The number of carbonyl (C=O) groups excluding carboxylic acids is 1. The van der Waals surface area contributed by atoms with E-state index in [4.69, 9.17) is 9.47 Å². The van der Waals surface area contributed by atoms with E-state index >= 15 is 0 Å². The van der Waals surface area contributed by atoms with E-state index in [1.54, 1.807) is 0 Å². The Bertz CT molecular complexity index is 630. The summed E-state index contributed by atoms with van der Waals surface area (Å²) in [7, 11) is 1.42. The second kappa shape index (κ2) is 4.70. The summed E-state index contributed by atoms with van der Waals surface area (Å²) in [6.07, 6.45) is 1.28. The van der Waals surface area contributed by atoms with E-state index in [0.717, 1.165) is 35.2 Å². The van der Waals surface area contributed by atoms with Gasteiger partial charge in [-0.25, -0.2) is 0 Å². The highest BCUT2D eigenvalue weighted by molar-refractivity contribution is 5.91. The monoisotopic (exact) mass is 259 g/mol. The standard InChI is InChI=1S/C15H17NO3/c1-9-15-11(6-7-19-9)14-10(8-13(17)18-2)4-3-5-12(14)16-15/h3-5,9,16H,6-8H2,1-2H3. The third-order valence-electron chi connectivity index (χ3n) is 3.74. The van der Waals surface area contributed by atoms with Gasteiger partial charge in [-0.05, 0) is 30.5 Å². The van der Waals surface area contributed by atoms with Gasteiger partial charge in [-0.2, -0.15) is 0 Å². The lowest BCUT2D eigenvalue weighted by Gasteiger charge is -2.19.